The fourth-order valence-corrected chi connectivity index (χ4v) is 2.79. The van der Waals surface area contributed by atoms with Crippen LogP contribution in [0, 0.1) is 6.92 Å². The number of aryl methyl sites for hydroxylation is 1. The quantitative estimate of drug-likeness (QED) is 0.866. The van der Waals surface area contributed by atoms with Crippen LogP contribution in [-0.4, -0.2) is 34.6 Å². The molecule has 1 saturated heterocycles. The Morgan fingerprint density at radius 1 is 1.41 bits per heavy atom. The van der Waals surface area contributed by atoms with Gasteiger partial charge in [-0.2, -0.15) is 4.98 Å². The molecule has 2 heterocycles. The Hall–Kier alpha value is -2.37. The molecule has 1 amide bonds. The molecule has 6 nitrogen and oxygen atoms in total. The highest BCUT2D eigenvalue weighted by Crippen LogP contribution is 2.29. The van der Waals surface area contributed by atoms with Crippen molar-refractivity contribution in [3.63, 3.8) is 0 Å². The van der Waals surface area contributed by atoms with E-state index < -0.39 is 0 Å². The number of methoxy groups -OCH3 is 1. The summed E-state index contributed by atoms with van der Waals surface area (Å²) in [6.07, 6.45) is 1.25. The number of hydrogen-bond donors (Lipinski definition) is 0. The van der Waals surface area contributed by atoms with Crippen molar-refractivity contribution in [2.75, 3.05) is 13.7 Å². The first-order valence-corrected chi connectivity index (χ1v) is 7.37. The standard InChI is InChI=1S/C16H19N3O3/c1-11-17-16(22-18-11)13-7-8-15(20)19(10-13)9-12-5-3-4-6-14(12)21-2/h3-6,13H,7-10H2,1-2H3. The van der Waals surface area contributed by atoms with Gasteiger partial charge in [-0.15, -0.1) is 0 Å². The van der Waals surface area contributed by atoms with Crippen LogP contribution in [0.3, 0.4) is 0 Å². The highest BCUT2D eigenvalue weighted by Gasteiger charge is 2.30. The Bertz CT molecular complexity index is 668. The highest BCUT2D eigenvalue weighted by molar-refractivity contribution is 5.77. The lowest BCUT2D eigenvalue weighted by Gasteiger charge is -2.31. The molecule has 0 N–H and O–H groups in total. The molecule has 1 aliphatic heterocycles. The second kappa shape index (κ2) is 6.17. The Morgan fingerprint density at radius 2 is 2.23 bits per heavy atom. The van der Waals surface area contributed by atoms with Gasteiger partial charge < -0.3 is 14.2 Å². The average Bonchev–Trinajstić information content (AvgIpc) is 2.96. The van der Waals surface area contributed by atoms with E-state index in [2.05, 4.69) is 10.1 Å². The predicted molar refractivity (Wildman–Crippen MR) is 79.4 cm³/mol. The number of para-hydroxylation sites is 1. The monoisotopic (exact) mass is 301 g/mol. The van der Waals surface area contributed by atoms with E-state index in [0.29, 0.717) is 31.2 Å². The number of amides is 1. The number of ether oxygens (including phenoxy) is 1. The third kappa shape index (κ3) is 2.95. The van der Waals surface area contributed by atoms with Crippen molar-refractivity contribution in [1.82, 2.24) is 15.0 Å². The van der Waals surface area contributed by atoms with E-state index in [9.17, 15) is 4.79 Å². The zero-order chi connectivity index (χ0) is 15.5. The van der Waals surface area contributed by atoms with Crippen molar-refractivity contribution in [1.29, 1.82) is 0 Å². The zero-order valence-corrected chi connectivity index (χ0v) is 12.8. The lowest BCUT2D eigenvalue weighted by Crippen LogP contribution is -2.38. The summed E-state index contributed by atoms with van der Waals surface area (Å²) in [5, 5.41) is 3.84. The van der Waals surface area contributed by atoms with E-state index in [-0.39, 0.29) is 11.8 Å². The second-order valence-electron chi connectivity index (χ2n) is 5.50. The minimum atomic E-state index is 0.105. The number of likely N-dealkylation sites (tertiary alicyclic amines) is 1. The van der Waals surface area contributed by atoms with Gasteiger partial charge in [0.25, 0.3) is 0 Å². The van der Waals surface area contributed by atoms with E-state index >= 15 is 0 Å². The molecule has 1 aromatic heterocycles. The van der Waals surface area contributed by atoms with Crippen molar-refractivity contribution in [3.8, 4) is 5.75 Å². The first-order valence-electron chi connectivity index (χ1n) is 7.37. The molecule has 3 rings (SSSR count). The molecule has 2 aromatic rings. The summed E-state index contributed by atoms with van der Waals surface area (Å²) < 4.78 is 10.6. The largest absolute Gasteiger partial charge is 0.496 e. The summed E-state index contributed by atoms with van der Waals surface area (Å²) in [7, 11) is 1.64. The second-order valence-corrected chi connectivity index (χ2v) is 5.50. The number of benzene rings is 1. The van der Waals surface area contributed by atoms with Crippen molar-refractivity contribution in [3.05, 3.63) is 41.5 Å². The molecule has 0 spiro atoms. The van der Waals surface area contributed by atoms with Crippen LogP contribution in [0.1, 0.15) is 36.0 Å². The fraction of sp³-hybridized carbons (Fsp3) is 0.438. The lowest BCUT2D eigenvalue weighted by atomic mass is 9.97. The third-order valence-corrected chi connectivity index (χ3v) is 3.95. The molecular weight excluding hydrogens is 282 g/mol. The van der Waals surface area contributed by atoms with Crippen LogP contribution >= 0.6 is 0 Å². The molecule has 0 bridgehead atoms. The smallest absolute Gasteiger partial charge is 0.231 e. The normalized spacial score (nSPS) is 18.5. The molecule has 1 aromatic carbocycles. The van der Waals surface area contributed by atoms with Gasteiger partial charge in [-0.05, 0) is 19.4 Å². The predicted octanol–water partition coefficient (Wildman–Crippen LogP) is 2.29. The maximum Gasteiger partial charge on any atom is 0.231 e. The van der Waals surface area contributed by atoms with Gasteiger partial charge in [0.15, 0.2) is 5.82 Å². The number of piperidine rings is 1. The first-order chi connectivity index (χ1) is 10.7. The maximum atomic E-state index is 12.2. The Kier molecular flexibility index (Phi) is 4.09. The molecule has 1 fully saturated rings. The summed E-state index contributed by atoms with van der Waals surface area (Å²) in [6, 6.07) is 7.75. The molecule has 0 radical (unpaired) electrons. The van der Waals surface area contributed by atoms with Gasteiger partial charge >= 0.3 is 0 Å². The number of nitrogens with zero attached hydrogens (tertiary/aromatic N) is 3. The molecule has 1 unspecified atom stereocenters. The van der Waals surface area contributed by atoms with E-state index in [1.165, 1.54) is 0 Å². The van der Waals surface area contributed by atoms with Gasteiger partial charge in [0.1, 0.15) is 5.75 Å². The minimum absolute atomic E-state index is 0.105. The Labute approximate surface area is 129 Å². The van der Waals surface area contributed by atoms with Gasteiger partial charge in [-0.3, -0.25) is 4.79 Å². The topological polar surface area (TPSA) is 68.5 Å². The van der Waals surface area contributed by atoms with Crippen molar-refractivity contribution in [2.24, 2.45) is 0 Å². The molecule has 6 heteroatoms. The Morgan fingerprint density at radius 3 is 2.95 bits per heavy atom. The minimum Gasteiger partial charge on any atom is -0.496 e. The summed E-state index contributed by atoms with van der Waals surface area (Å²) in [4.78, 5) is 18.3. The van der Waals surface area contributed by atoms with Gasteiger partial charge in [0.05, 0.1) is 13.0 Å². The molecule has 22 heavy (non-hydrogen) atoms. The summed E-state index contributed by atoms with van der Waals surface area (Å²) in [5.41, 5.74) is 1.00. The highest BCUT2D eigenvalue weighted by atomic mass is 16.5. The van der Waals surface area contributed by atoms with Crippen LogP contribution in [0.2, 0.25) is 0 Å². The van der Waals surface area contributed by atoms with Crippen molar-refractivity contribution >= 4 is 5.91 Å². The Balaban J connectivity index is 1.75. The van der Waals surface area contributed by atoms with Crippen LogP contribution in [0.15, 0.2) is 28.8 Å². The molecule has 1 atom stereocenters. The third-order valence-electron chi connectivity index (χ3n) is 3.95. The van der Waals surface area contributed by atoms with Gasteiger partial charge in [-0.1, -0.05) is 23.4 Å². The van der Waals surface area contributed by atoms with E-state index in [1.807, 2.05) is 29.2 Å². The van der Waals surface area contributed by atoms with Crippen LogP contribution in [0.4, 0.5) is 0 Å². The number of carbonyl (C=O) groups excluding carboxylic acids is 1. The van der Waals surface area contributed by atoms with Crippen molar-refractivity contribution < 1.29 is 14.1 Å². The first kappa shape index (κ1) is 14.6. The SMILES string of the molecule is COc1ccccc1CN1CC(c2nc(C)no2)CCC1=O. The molecule has 0 aliphatic carbocycles. The fourth-order valence-electron chi connectivity index (χ4n) is 2.79. The van der Waals surface area contributed by atoms with Gasteiger partial charge in [0, 0.05) is 25.1 Å². The number of hydrogen-bond acceptors (Lipinski definition) is 5. The molecule has 116 valence electrons. The maximum absolute atomic E-state index is 12.2. The van der Waals surface area contributed by atoms with Crippen LogP contribution < -0.4 is 4.74 Å². The van der Waals surface area contributed by atoms with Crippen LogP contribution in [0.25, 0.3) is 0 Å². The van der Waals surface area contributed by atoms with Gasteiger partial charge in [-0.25, -0.2) is 0 Å². The van der Waals surface area contributed by atoms with Crippen LogP contribution in [0.5, 0.6) is 5.75 Å². The average molecular weight is 301 g/mol. The lowest BCUT2D eigenvalue weighted by molar-refractivity contribution is -0.134. The van der Waals surface area contributed by atoms with Gasteiger partial charge in [0.2, 0.25) is 11.8 Å². The summed E-state index contributed by atoms with van der Waals surface area (Å²) in [5.74, 6) is 2.30. The summed E-state index contributed by atoms with van der Waals surface area (Å²) >= 11 is 0. The zero-order valence-electron chi connectivity index (χ0n) is 12.8. The van der Waals surface area contributed by atoms with Crippen LogP contribution in [-0.2, 0) is 11.3 Å². The van der Waals surface area contributed by atoms with E-state index in [1.54, 1.807) is 14.0 Å². The van der Waals surface area contributed by atoms with Crippen molar-refractivity contribution in [2.45, 2.75) is 32.2 Å². The number of rotatable bonds is 4. The van der Waals surface area contributed by atoms with E-state index in [0.717, 1.165) is 17.7 Å². The van der Waals surface area contributed by atoms with E-state index in [4.69, 9.17) is 9.26 Å². The molecule has 0 saturated carbocycles. The number of aromatic nitrogens is 2. The summed E-state index contributed by atoms with van der Waals surface area (Å²) in [6.45, 7) is 2.93. The molecular formula is C16H19N3O3. The molecule has 1 aliphatic rings. The number of carbonyl (C=O) groups is 1.